The molecule has 0 aliphatic carbocycles. The molecule has 5 rings (SSSR count). The smallest absolute Gasteiger partial charge is 0.0750 e. The Morgan fingerprint density at radius 1 is 1.07 bits per heavy atom. The van der Waals surface area contributed by atoms with E-state index in [4.69, 9.17) is 4.74 Å². The predicted octanol–water partition coefficient (Wildman–Crippen LogP) is 3.61. The molecule has 0 saturated carbocycles. The number of fused-ring (bicyclic) bond motifs is 2. The molecule has 2 saturated heterocycles. The van der Waals surface area contributed by atoms with Crippen molar-refractivity contribution < 1.29 is 4.74 Å². The Bertz CT molecular complexity index is 764. The molecule has 2 aromatic rings. The summed E-state index contributed by atoms with van der Waals surface area (Å²) in [6.45, 7) is 6.42. The van der Waals surface area contributed by atoms with Gasteiger partial charge in [0.15, 0.2) is 0 Å². The second-order valence-corrected chi connectivity index (χ2v) is 8.41. The van der Waals surface area contributed by atoms with E-state index < -0.39 is 0 Å². The third-order valence-electron chi connectivity index (χ3n) is 6.68. The topological polar surface area (TPSA) is 28.6 Å². The monoisotopic (exact) mass is 363 g/mol. The van der Waals surface area contributed by atoms with Crippen LogP contribution in [0.1, 0.15) is 36.9 Å². The van der Waals surface area contributed by atoms with Crippen molar-refractivity contribution in [3.8, 4) is 0 Å². The highest BCUT2D eigenvalue weighted by Crippen LogP contribution is 2.47. The van der Waals surface area contributed by atoms with Gasteiger partial charge < -0.3 is 9.64 Å². The molecule has 27 heavy (non-hydrogen) atoms. The maximum Gasteiger partial charge on any atom is 0.0750 e. The molecule has 1 unspecified atom stereocenters. The Balaban J connectivity index is 1.30. The van der Waals surface area contributed by atoms with Crippen molar-refractivity contribution in [3.63, 3.8) is 0 Å². The summed E-state index contributed by atoms with van der Waals surface area (Å²) >= 11 is 0. The average molecular weight is 364 g/mol. The molecule has 2 fully saturated rings. The van der Waals surface area contributed by atoms with Gasteiger partial charge in [0.25, 0.3) is 0 Å². The van der Waals surface area contributed by atoms with E-state index in [1.807, 2.05) is 12.3 Å². The lowest BCUT2D eigenvalue weighted by molar-refractivity contribution is 0.113. The zero-order valence-electron chi connectivity index (χ0n) is 16.0. The Hall–Kier alpha value is -1.91. The van der Waals surface area contributed by atoms with Crippen LogP contribution in [-0.2, 0) is 16.7 Å². The van der Waals surface area contributed by atoms with E-state index >= 15 is 0 Å². The number of rotatable bonds is 4. The minimum Gasteiger partial charge on any atom is -0.376 e. The van der Waals surface area contributed by atoms with Crippen molar-refractivity contribution in [2.75, 3.05) is 37.7 Å². The lowest BCUT2D eigenvalue weighted by atomic mass is 9.74. The maximum atomic E-state index is 5.93. The molecule has 0 N–H and O–H groups in total. The Morgan fingerprint density at radius 3 is 2.70 bits per heavy atom. The summed E-state index contributed by atoms with van der Waals surface area (Å²) in [6.07, 6.45) is 7.21. The fourth-order valence-corrected chi connectivity index (χ4v) is 5.22. The van der Waals surface area contributed by atoms with Crippen molar-refractivity contribution in [2.24, 2.45) is 0 Å². The van der Waals surface area contributed by atoms with Gasteiger partial charge >= 0.3 is 0 Å². The van der Waals surface area contributed by atoms with Gasteiger partial charge in [-0.05, 0) is 62.5 Å². The summed E-state index contributed by atoms with van der Waals surface area (Å²) in [5, 5.41) is 0. The lowest BCUT2D eigenvalue weighted by Gasteiger charge is -2.40. The number of anilines is 1. The highest BCUT2D eigenvalue weighted by Gasteiger charge is 2.44. The first-order chi connectivity index (χ1) is 13.3. The fraction of sp³-hybridized carbons (Fsp3) is 0.522. The van der Waals surface area contributed by atoms with Crippen LogP contribution in [0.5, 0.6) is 0 Å². The van der Waals surface area contributed by atoms with Gasteiger partial charge in [0.1, 0.15) is 0 Å². The molecule has 3 aliphatic rings. The molecular formula is C23H29N3O. The molecule has 3 aliphatic heterocycles. The van der Waals surface area contributed by atoms with E-state index in [1.165, 1.54) is 37.1 Å². The first-order valence-corrected chi connectivity index (χ1v) is 10.4. The van der Waals surface area contributed by atoms with Crippen LogP contribution >= 0.6 is 0 Å². The van der Waals surface area contributed by atoms with Gasteiger partial charge in [0, 0.05) is 43.5 Å². The number of likely N-dealkylation sites (tertiary alicyclic amines) is 1. The second-order valence-electron chi connectivity index (χ2n) is 8.41. The highest BCUT2D eigenvalue weighted by atomic mass is 16.5. The zero-order valence-corrected chi connectivity index (χ0v) is 16.0. The number of ether oxygens (including phenoxy) is 1. The number of pyridine rings is 1. The molecule has 1 aromatic heterocycles. The van der Waals surface area contributed by atoms with Crippen LogP contribution in [0.15, 0.2) is 48.7 Å². The highest BCUT2D eigenvalue weighted by molar-refractivity contribution is 5.63. The first-order valence-electron chi connectivity index (χ1n) is 10.4. The van der Waals surface area contributed by atoms with Gasteiger partial charge in [0.05, 0.1) is 11.8 Å². The minimum absolute atomic E-state index is 0.315. The van der Waals surface area contributed by atoms with Gasteiger partial charge in [-0.3, -0.25) is 9.88 Å². The van der Waals surface area contributed by atoms with Crippen LogP contribution in [-0.4, -0.2) is 48.8 Å². The molecule has 1 atom stereocenters. The summed E-state index contributed by atoms with van der Waals surface area (Å²) < 4.78 is 5.93. The molecule has 0 bridgehead atoms. The maximum absolute atomic E-state index is 5.93. The number of piperidine rings is 1. The van der Waals surface area contributed by atoms with E-state index in [0.29, 0.717) is 11.5 Å². The molecule has 0 radical (unpaired) electrons. The van der Waals surface area contributed by atoms with Gasteiger partial charge in [0.2, 0.25) is 0 Å². The van der Waals surface area contributed by atoms with Crippen LogP contribution < -0.4 is 4.90 Å². The predicted molar refractivity (Wildman–Crippen MR) is 108 cm³/mol. The van der Waals surface area contributed by atoms with Gasteiger partial charge in [-0.2, -0.15) is 0 Å². The number of para-hydroxylation sites is 1. The summed E-state index contributed by atoms with van der Waals surface area (Å²) in [7, 11) is 0. The van der Waals surface area contributed by atoms with Gasteiger partial charge in [-0.15, -0.1) is 0 Å². The minimum atomic E-state index is 0.315. The van der Waals surface area contributed by atoms with E-state index in [9.17, 15) is 0 Å². The SMILES string of the molecule is c1ccc(CN2CCC3(CC2)CN(CC2CCCO2)c2ccccc23)nc1. The third-order valence-corrected chi connectivity index (χ3v) is 6.68. The van der Waals surface area contributed by atoms with E-state index in [0.717, 1.165) is 39.3 Å². The van der Waals surface area contributed by atoms with E-state index in [1.54, 1.807) is 5.56 Å². The summed E-state index contributed by atoms with van der Waals surface area (Å²) in [4.78, 5) is 9.68. The van der Waals surface area contributed by atoms with E-state index in [2.05, 4.69) is 51.2 Å². The lowest BCUT2D eigenvalue weighted by Crippen LogP contribution is -2.45. The molecule has 1 spiro atoms. The number of hydrogen-bond acceptors (Lipinski definition) is 4. The number of aromatic nitrogens is 1. The number of nitrogens with zero attached hydrogens (tertiary/aromatic N) is 3. The summed E-state index contributed by atoms with van der Waals surface area (Å²) in [5.41, 5.74) is 4.52. The molecule has 4 nitrogen and oxygen atoms in total. The largest absolute Gasteiger partial charge is 0.376 e. The second kappa shape index (κ2) is 7.25. The molecule has 1 aromatic carbocycles. The zero-order chi connectivity index (χ0) is 18.1. The Kier molecular flexibility index (Phi) is 4.62. The van der Waals surface area contributed by atoms with Crippen LogP contribution in [0, 0.1) is 0 Å². The normalized spacial score (nSPS) is 24.4. The van der Waals surface area contributed by atoms with Crippen molar-refractivity contribution in [2.45, 2.75) is 43.7 Å². The summed E-state index contributed by atoms with van der Waals surface area (Å²) in [6, 6.07) is 15.3. The molecule has 4 heterocycles. The molecule has 0 amide bonds. The van der Waals surface area contributed by atoms with Crippen molar-refractivity contribution in [3.05, 3.63) is 59.9 Å². The summed E-state index contributed by atoms with van der Waals surface area (Å²) in [5.74, 6) is 0. The number of hydrogen-bond donors (Lipinski definition) is 0. The van der Waals surface area contributed by atoms with Crippen molar-refractivity contribution in [1.29, 1.82) is 0 Å². The van der Waals surface area contributed by atoms with E-state index in [-0.39, 0.29) is 0 Å². The molecular weight excluding hydrogens is 334 g/mol. The van der Waals surface area contributed by atoms with Crippen LogP contribution in [0.2, 0.25) is 0 Å². The van der Waals surface area contributed by atoms with Crippen molar-refractivity contribution in [1.82, 2.24) is 9.88 Å². The van der Waals surface area contributed by atoms with Crippen molar-refractivity contribution >= 4 is 5.69 Å². The van der Waals surface area contributed by atoms with Gasteiger partial charge in [-0.25, -0.2) is 0 Å². The molecule has 142 valence electrons. The molecule has 4 heteroatoms. The van der Waals surface area contributed by atoms with Crippen LogP contribution in [0.3, 0.4) is 0 Å². The quantitative estimate of drug-likeness (QED) is 0.830. The Labute approximate surface area is 162 Å². The fourth-order valence-electron chi connectivity index (χ4n) is 5.22. The van der Waals surface area contributed by atoms with Gasteiger partial charge in [-0.1, -0.05) is 24.3 Å². The first kappa shape index (κ1) is 17.2. The van der Waals surface area contributed by atoms with Crippen LogP contribution in [0.4, 0.5) is 5.69 Å². The van der Waals surface area contributed by atoms with Crippen LogP contribution in [0.25, 0.3) is 0 Å². The number of benzene rings is 1. The average Bonchev–Trinajstić information content (AvgIpc) is 3.33. The third kappa shape index (κ3) is 3.37. The Morgan fingerprint density at radius 2 is 1.93 bits per heavy atom. The standard InChI is InChI=1S/C23H29N3O/c1-2-9-22-21(8-1)23(18-26(22)17-20-7-5-15-27-20)10-13-25(14-11-23)16-19-6-3-4-12-24-19/h1-4,6,8-9,12,20H,5,7,10-11,13-18H2.